The summed E-state index contributed by atoms with van der Waals surface area (Å²) in [5, 5.41) is 6.76. The van der Waals surface area contributed by atoms with Crippen LogP contribution >= 0.6 is 24.0 Å². The van der Waals surface area contributed by atoms with Gasteiger partial charge in [0, 0.05) is 45.1 Å². The van der Waals surface area contributed by atoms with Crippen LogP contribution in [-0.2, 0) is 9.47 Å². The summed E-state index contributed by atoms with van der Waals surface area (Å²) in [5.41, 5.74) is 1.14. The molecule has 1 aromatic carbocycles. The van der Waals surface area contributed by atoms with Crippen LogP contribution in [0.1, 0.15) is 37.8 Å². The van der Waals surface area contributed by atoms with Gasteiger partial charge in [-0.25, -0.2) is 0 Å². The molecule has 1 aliphatic heterocycles. The molecule has 178 valence electrons. The maximum absolute atomic E-state index is 5.85. The Kier molecular flexibility index (Phi) is 14.9. The van der Waals surface area contributed by atoms with Crippen LogP contribution in [-0.4, -0.2) is 78.1 Å². The molecule has 0 aliphatic carbocycles. The van der Waals surface area contributed by atoms with Crippen LogP contribution in [0.5, 0.6) is 5.75 Å². The molecule has 8 heteroatoms. The fourth-order valence-corrected chi connectivity index (χ4v) is 3.55. The number of likely N-dealkylation sites (N-methyl/N-ethyl adjacent to an activating group) is 1. The molecule has 1 aliphatic rings. The van der Waals surface area contributed by atoms with Crippen LogP contribution in [0.3, 0.4) is 0 Å². The van der Waals surface area contributed by atoms with Gasteiger partial charge in [-0.2, -0.15) is 0 Å². The number of para-hydroxylation sites is 1. The summed E-state index contributed by atoms with van der Waals surface area (Å²) in [6, 6.07) is 8.28. The summed E-state index contributed by atoms with van der Waals surface area (Å²) in [4.78, 5) is 7.00. The highest BCUT2D eigenvalue weighted by Crippen LogP contribution is 2.28. The lowest BCUT2D eigenvalue weighted by molar-refractivity contribution is 0.0203. The Bertz CT molecular complexity index is 625. The Balaban J connectivity index is 0.00000480. The normalized spacial score (nSPS) is 16.0. The number of nitrogens with one attached hydrogen (secondary N) is 2. The second-order valence-electron chi connectivity index (χ2n) is 7.85. The van der Waals surface area contributed by atoms with Gasteiger partial charge in [0.15, 0.2) is 5.96 Å². The highest BCUT2D eigenvalue weighted by molar-refractivity contribution is 14.0. The van der Waals surface area contributed by atoms with E-state index in [1.54, 1.807) is 7.11 Å². The molecule has 0 bridgehead atoms. The zero-order valence-electron chi connectivity index (χ0n) is 19.6. The molecular formula is C23H41IN4O3. The molecule has 2 rings (SSSR count). The highest BCUT2D eigenvalue weighted by Gasteiger charge is 2.18. The average molecular weight is 549 g/mol. The van der Waals surface area contributed by atoms with Crippen LogP contribution < -0.4 is 15.4 Å². The van der Waals surface area contributed by atoms with Gasteiger partial charge in [-0.05, 0) is 52.3 Å². The number of rotatable bonds is 12. The third kappa shape index (κ3) is 10.4. The molecule has 1 aromatic rings. The highest BCUT2D eigenvalue weighted by atomic mass is 127. The van der Waals surface area contributed by atoms with Crippen LogP contribution in [0.4, 0.5) is 0 Å². The largest absolute Gasteiger partial charge is 0.496 e. The molecule has 1 unspecified atom stereocenters. The summed E-state index contributed by atoms with van der Waals surface area (Å²) < 4.78 is 16.8. The van der Waals surface area contributed by atoms with Gasteiger partial charge in [0.25, 0.3) is 0 Å². The van der Waals surface area contributed by atoms with Gasteiger partial charge in [-0.1, -0.05) is 18.2 Å². The lowest BCUT2D eigenvalue weighted by atomic mass is 10.0. The summed E-state index contributed by atoms with van der Waals surface area (Å²) in [7, 11) is 5.86. The molecule has 0 spiro atoms. The van der Waals surface area contributed by atoms with Crippen molar-refractivity contribution in [3.05, 3.63) is 29.8 Å². The van der Waals surface area contributed by atoms with Gasteiger partial charge in [0.2, 0.25) is 0 Å². The summed E-state index contributed by atoms with van der Waals surface area (Å²) in [5.74, 6) is 2.39. The van der Waals surface area contributed by atoms with Crippen LogP contribution in [0.25, 0.3) is 0 Å². The Labute approximate surface area is 205 Å². The van der Waals surface area contributed by atoms with Gasteiger partial charge >= 0.3 is 0 Å². The number of guanidine groups is 1. The number of methoxy groups -OCH3 is 1. The predicted octanol–water partition coefficient (Wildman–Crippen LogP) is 3.30. The van der Waals surface area contributed by atoms with E-state index >= 15 is 0 Å². The number of aliphatic imine (C=N–C) groups is 1. The van der Waals surface area contributed by atoms with Crippen molar-refractivity contribution in [2.45, 2.75) is 32.2 Å². The Hall–Kier alpha value is -1.10. The number of hydrogen-bond acceptors (Lipinski definition) is 5. The maximum atomic E-state index is 5.85. The Morgan fingerprint density at radius 1 is 1.23 bits per heavy atom. The van der Waals surface area contributed by atoms with E-state index in [4.69, 9.17) is 19.2 Å². The van der Waals surface area contributed by atoms with Gasteiger partial charge in [0.05, 0.1) is 19.7 Å². The lowest BCUT2D eigenvalue weighted by Crippen LogP contribution is -2.39. The summed E-state index contributed by atoms with van der Waals surface area (Å²) in [6.07, 6.45) is 3.20. The molecule has 0 aromatic heterocycles. The van der Waals surface area contributed by atoms with E-state index in [0.717, 1.165) is 76.1 Å². The third-order valence-electron chi connectivity index (χ3n) is 5.34. The van der Waals surface area contributed by atoms with Crippen LogP contribution in [0.2, 0.25) is 0 Å². The number of benzene rings is 1. The monoisotopic (exact) mass is 548 g/mol. The lowest BCUT2D eigenvalue weighted by Gasteiger charge is -2.25. The van der Waals surface area contributed by atoms with Crippen LogP contribution in [0.15, 0.2) is 29.3 Å². The van der Waals surface area contributed by atoms with Gasteiger partial charge in [-0.15, -0.1) is 24.0 Å². The smallest absolute Gasteiger partial charge is 0.191 e. The minimum absolute atomic E-state index is 0. The average Bonchev–Trinajstić information content (AvgIpc) is 2.77. The van der Waals surface area contributed by atoms with E-state index in [-0.39, 0.29) is 30.0 Å². The van der Waals surface area contributed by atoms with Gasteiger partial charge in [0.1, 0.15) is 5.75 Å². The first-order valence-corrected chi connectivity index (χ1v) is 11.1. The molecule has 1 saturated heterocycles. The van der Waals surface area contributed by atoms with Gasteiger partial charge < -0.3 is 29.7 Å². The second-order valence-corrected chi connectivity index (χ2v) is 7.85. The van der Waals surface area contributed by atoms with E-state index in [0.29, 0.717) is 12.5 Å². The number of nitrogens with zero attached hydrogens (tertiary/aromatic N) is 2. The number of halogens is 1. The van der Waals surface area contributed by atoms with Crippen LogP contribution in [0, 0.1) is 5.92 Å². The zero-order chi connectivity index (χ0) is 21.6. The minimum atomic E-state index is 0. The summed E-state index contributed by atoms with van der Waals surface area (Å²) in [6.45, 7) is 7.75. The minimum Gasteiger partial charge on any atom is -0.496 e. The SMILES string of the molecule is CCNC(=NCC(c1ccccc1OC)N(C)C)NCCCOCC1CCOCC1.I. The van der Waals surface area contributed by atoms with Crippen molar-refractivity contribution < 1.29 is 14.2 Å². The topological polar surface area (TPSA) is 67.4 Å². The van der Waals surface area contributed by atoms with Crippen molar-refractivity contribution >= 4 is 29.9 Å². The predicted molar refractivity (Wildman–Crippen MR) is 138 cm³/mol. The Morgan fingerprint density at radius 3 is 2.65 bits per heavy atom. The molecule has 31 heavy (non-hydrogen) atoms. The van der Waals surface area contributed by atoms with Crippen molar-refractivity contribution in [3.8, 4) is 5.75 Å². The fraction of sp³-hybridized carbons (Fsp3) is 0.696. The molecule has 0 radical (unpaired) electrons. The van der Waals surface area contributed by atoms with E-state index < -0.39 is 0 Å². The van der Waals surface area contributed by atoms with E-state index in [2.05, 4.69) is 42.6 Å². The first-order valence-electron chi connectivity index (χ1n) is 11.1. The molecule has 7 nitrogen and oxygen atoms in total. The number of ether oxygens (including phenoxy) is 3. The van der Waals surface area contributed by atoms with Crippen molar-refractivity contribution in [2.75, 3.05) is 67.3 Å². The first kappa shape index (κ1) is 27.9. The van der Waals surface area contributed by atoms with Crippen molar-refractivity contribution in [2.24, 2.45) is 10.9 Å². The van der Waals surface area contributed by atoms with E-state index in [1.165, 1.54) is 0 Å². The van der Waals surface area contributed by atoms with E-state index in [1.807, 2.05) is 18.2 Å². The molecule has 0 saturated carbocycles. The molecule has 2 N–H and O–H groups in total. The molecular weight excluding hydrogens is 507 g/mol. The standard InChI is InChI=1S/C23H40N4O3.HI/c1-5-24-23(25-13-8-14-30-18-19-11-15-29-16-12-19)26-17-21(27(2)3)20-9-6-7-10-22(20)28-4;/h6-7,9-10,19,21H,5,8,11-18H2,1-4H3,(H2,24,25,26);1H. The third-order valence-corrected chi connectivity index (χ3v) is 5.34. The Morgan fingerprint density at radius 2 is 1.97 bits per heavy atom. The molecule has 0 amide bonds. The van der Waals surface area contributed by atoms with E-state index in [9.17, 15) is 0 Å². The zero-order valence-corrected chi connectivity index (χ0v) is 21.9. The van der Waals surface area contributed by atoms with Gasteiger partial charge in [-0.3, -0.25) is 4.99 Å². The maximum Gasteiger partial charge on any atom is 0.191 e. The quantitative estimate of drug-likeness (QED) is 0.181. The molecule has 1 heterocycles. The molecule has 1 fully saturated rings. The first-order chi connectivity index (χ1) is 14.7. The fourth-order valence-electron chi connectivity index (χ4n) is 3.55. The van der Waals surface area contributed by atoms with Crippen molar-refractivity contribution in [1.82, 2.24) is 15.5 Å². The summed E-state index contributed by atoms with van der Waals surface area (Å²) >= 11 is 0. The van der Waals surface area contributed by atoms with Crippen molar-refractivity contribution in [1.29, 1.82) is 0 Å². The van der Waals surface area contributed by atoms with Crippen molar-refractivity contribution in [3.63, 3.8) is 0 Å². The molecule has 1 atom stereocenters. The number of hydrogen-bond donors (Lipinski definition) is 2. The second kappa shape index (κ2) is 16.5.